The van der Waals surface area contributed by atoms with Crippen LogP contribution in [0.3, 0.4) is 0 Å². The molecule has 6 atom stereocenters. The summed E-state index contributed by atoms with van der Waals surface area (Å²) in [6.07, 6.45) is -4.91. The Hall–Kier alpha value is -3.63. The molecule has 5 rings (SSSR count). The zero-order valence-corrected chi connectivity index (χ0v) is 24.9. The standard InChI is InChI=1S/C30H38N4O10/c1-13-24(35)16(31)10-19(43-13)44-18-12-30(41,29(40)33(2)8-9-34(3)32)11-15-21(18)28(39)23-22(26(15)37)25(36)14-6-5-7-17(42-4)20(14)27(23)38/h5-7,13,16,18-19,24,35,37,39,41H,8-12,31-32H2,1-4H3. The highest BCUT2D eigenvalue weighted by atomic mass is 16.7. The van der Waals surface area contributed by atoms with Crippen LogP contribution in [0, 0.1) is 0 Å². The molecule has 14 heteroatoms. The summed E-state index contributed by atoms with van der Waals surface area (Å²) in [5.41, 5.74) is 2.73. The SMILES string of the molecule is COc1cccc2c1C(=O)c1c(O)c3c(c(O)c1C2=O)CC(O)(C(=O)N(C)CCN(C)N)CC3OC1CC(N)C(O)C(C)O1. The van der Waals surface area contributed by atoms with Crippen LogP contribution in [-0.4, -0.2) is 112 Å². The van der Waals surface area contributed by atoms with Crippen molar-refractivity contribution in [2.75, 3.05) is 34.3 Å². The number of benzene rings is 2. The Morgan fingerprint density at radius 1 is 1.11 bits per heavy atom. The number of ketones is 2. The number of nitrogens with zero attached hydrogens (tertiary/aromatic N) is 2. The Balaban J connectivity index is 1.65. The lowest BCUT2D eigenvalue weighted by molar-refractivity contribution is -0.247. The Kier molecular flexibility index (Phi) is 8.46. The van der Waals surface area contributed by atoms with Crippen LogP contribution in [0.4, 0.5) is 0 Å². The first-order valence-electron chi connectivity index (χ1n) is 14.3. The Bertz CT molecular complexity index is 1500. The average Bonchev–Trinajstić information content (AvgIpc) is 2.97. The number of aliphatic hydroxyl groups excluding tert-OH is 1. The number of nitrogens with two attached hydrogens (primary N) is 2. The van der Waals surface area contributed by atoms with Crippen LogP contribution in [-0.2, 0) is 20.7 Å². The lowest BCUT2D eigenvalue weighted by Gasteiger charge is -2.43. The third-order valence-electron chi connectivity index (χ3n) is 8.68. The fourth-order valence-electron chi connectivity index (χ4n) is 6.32. The third-order valence-corrected chi connectivity index (χ3v) is 8.68. The van der Waals surface area contributed by atoms with Gasteiger partial charge < -0.3 is 45.3 Å². The molecule has 2 aromatic rings. The Morgan fingerprint density at radius 2 is 1.80 bits per heavy atom. The number of phenols is 2. The van der Waals surface area contributed by atoms with Gasteiger partial charge in [-0.15, -0.1) is 0 Å². The van der Waals surface area contributed by atoms with E-state index in [9.17, 15) is 34.8 Å². The van der Waals surface area contributed by atoms with Crippen LogP contribution in [0.25, 0.3) is 0 Å². The Morgan fingerprint density at radius 3 is 2.43 bits per heavy atom. The number of hydrazine groups is 1. The summed E-state index contributed by atoms with van der Waals surface area (Å²) >= 11 is 0. The molecular weight excluding hydrogens is 576 g/mol. The fourth-order valence-corrected chi connectivity index (χ4v) is 6.32. The molecule has 0 radical (unpaired) electrons. The van der Waals surface area contributed by atoms with Gasteiger partial charge in [-0.05, 0) is 13.0 Å². The summed E-state index contributed by atoms with van der Waals surface area (Å²) in [4.78, 5) is 42.5. The van der Waals surface area contributed by atoms with E-state index in [1.54, 1.807) is 14.0 Å². The van der Waals surface area contributed by atoms with Crippen molar-refractivity contribution in [3.8, 4) is 17.2 Å². The molecule has 238 valence electrons. The van der Waals surface area contributed by atoms with Gasteiger partial charge in [0.15, 0.2) is 12.1 Å². The number of methoxy groups -OCH3 is 1. The van der Waals surface area contributed by atoms with E-state index in [4.69, 9.17) is 25.8 Å². The normalized spacial score (nSPS) is 27.9. The van der Waals surface area contributed by atoms with Crippen molar-refractivity contribution in [1.29, 1.82) is 0 Å². The van der Waals surface area contributed by atoms with Crippen molar-refractivity contribution in [2.24, 2.45) is 11.6 Å². The minimum Gasteiger partial charge on any atom is -0.507 e. The maximum Gasteiger partial charge on any atom is 0.254 e. The van der Waals surface area contributed by atoms with Crippen LogP contribution >= 0.6 is 0 Å². The van der Waals surface area contributed by atoms with Crippen LogP contribution in [0.5, 0.6) is 17.2 Å². The predicted octanol–water partition coefficient (Wildman–Crippen LogP) is -0.296. The number of carbonyl (C=O) groups is 3. The first-order chi connectivity index (χ1) is 20.7. The van der Waals surface area contributed by atoms with E-state index >= 15 is 0 Å². The minimum atomic E-state index is -2.16. The van der Waals surface area contributed by atoms with Crippen molar-refractivity contribution in [3.05, 3.63) is 51.6 Å². The zero-order chi connectivity index (χ0) is 32.2. The summed E-state index contributed by atoms with van der Waals surface area (Å²) in [5, 5.41) is 46.8. The van der Waals surface area contributed by atoms with Gasteiger partial charge in [0.2, 0.25) is 5.78 Å². The molecule has 0 aromatic heterocycles. The zero-order valence-electron chi connectivity index (χ0n) is 24.9. The molecule has 44 heavy (non-hydrogen) atoms. The second-order valence-corrected chi connectivity index (χ2v) is 11.8. The van der Waals surface area contributed by atoms with Crippen LogP contribution in [0.15, 0.2) is 18.2 Å². The van der Waals surface area contributed by atoms with E-state index in [0.717, 1.165) is 0 Å². The molecule has 14 nitrogen and oxygen atoms in total. The van der Waals surface area contributed by atoms with E-state index in [-0.39, 0.29) is 41.0 Å². The van der Waals surface area contributed by atoms with Gasteiger partial charge in [-0.1, -0.05) is 12.1 Å². The monoisotopic (exact) mass is 614 g/mol. The number of aromatic hydroxyl groups is 2. The molecule has 1 saturated heterocycles. The molecule has 2 aromatic carbocycles. The number of hydrogen-bond donors (Lipinski definition) is 6. The lowest BCUT2D eigenvalue weighted by Crippen LogP contribution is -2.55. The maximum atomic E-state index is 13.8. The minimum absolute atomic E-state index is 0.0331. The van der Waals surface area contributed by atoms with E-state index in [0.29, 0.717) is 6.54 Å². The fraction of sp³-hybridized carbons (Fsp3) is 0.500. The van der Waals surface area contributed by atoms with Gasteiger partial charge in [0, 0.05) is 69.2 Å². The first kappa shape index (κ1) is 31.8. The molecule has 6 unspecified atom stereocenters. The number of ether oxygens (including phenoxy) is 3. The summed E-state index contributed by atoms with van der Waals surface area (Å²) in [6.45, 7) is 2.06. The van der Waals surface area contributed by atoms with Gasteiger partial charge in [0.1, 0.15) is 22.8 Å². The maximum absolute atomic E-state index is 13.8. The lowest BCUT2D eigenvalue weighted by atomic mass is 9.72. The van der Waals surface area contributed by atoms with Gasteiger partial charge in [-0.2, -0.15) is 0 Å². The third kappa shape index (κ3) is 5.21. The summed E-state index contributed by atoms with van der Waals surface area (Å²) in [5.74, 6) is 2.31. The van der Waals surface area contributed by atoms with Crippen molar-refractivity contribution in [3.63, 3.8) is 0 Å². The van der Waals surface area contributed by atoms with E-state index in [1.807, 2.05) is 0 Å². The van der Waals surface area contributed by atoms with Gasteiger partial charge in [0.05, 0.1) is 42.1 Å². The summed E-state index contributed by atoms with van der Waals surface area (Å²) in [6, 6.07) is 3.71. The molecular formula is C30H38N4O10. The highest BCUT2D eigenvalue weighted by molar-refractivity contribution is 6.31. The van der Waals surface area contributed by atoms with E-state index in [1.165, 1.54) is 42.3 Å². The van der Waals surface area contributed by atoms with Crippen LogP contribution in [0.2, 0.25) is 0 Å². The molecule has 0 spiro atoms. The quantitative estimate of drug-likeness (QED) is 0.115. The van der Waals surface area contributed by atoms with Crippen molar-refractivity contribution < 1.29 is 49.0 Å². The number of likely N-dealkylation sites (N-methyl/N-ethyl adjacent to an activating group) is 2. The summed E-state index contributed by atoms with van der Waals surface area (Å²) < 4.78 is 17.3. The van der Waals surface area contributed by atoms with Crippen LogP contribution < -0.4 is 16.3 Å². The number of aliphatic hydroxyl groups is 2. The topological polar surface area (TPSA) is 218 Å². The number of rotatable bonds is 7. The van der Waals surface area contributed by atoms with E-state index in [2.05, 4.69) is 0 Å². The average molecular weight is 615 g/mol. The molecule has 1 heterocycles. The summed E-state index contributed by atoms with van der Waals surface area (Å²) in [7, 11) is 4.44. The highest BCUT2D eigenvalue weighted by Gasteiger charge is 2.51. The van der Waals surface area contributed by atoms with Gasteiger partial charge in [-0.3, -0.25) is 20.2 Å². The number of carbonyl (C=O) groups excluding carboxylic acids is 3. The molecule has 1 aliphatic heterocycles. The van der Waals surface area contributed by atoms with Gasteiger partial charge >= 0.3 is 0 Å². The number of fused-ring (bicyclic) bond motifs is 3. The number of amides is 1. The molecule has 1 fully saturated rings. The van der Waals surface area contributed by atoms with Crippen molar-refractivity contribution >= 4 is 17.5 Å². The molecule has 0 saturated carbocycles. The van der Waals surface area contributed by atoms with Crippen LogP contribution in [0.1, 0.15) is 68.8 Å². The Labute approximate surface area is 253 Å². The second-order valence-electron chi connectivity index (χ2n) is 11.8. The number of phenolic OH excluding ortho intramolecular Hbond substituents is 2. The molecule has 2 aliphatic carbocycles. The molecule has 0 bridgehead atoms. The first-order valence-corrected chi connectivity index (χ1v) is 14.3. The van der Waals surface area contributed by atoms with Gasteiger partial charge in [0.25, 0.3) is 5.91 Å². The molecule has 1 amide bonds. The van der Waals surface area contributed by atoms with Crippen molar-refractivity contribution in [2.45, 2.75) is 62.4 Å². The highest BCUT2D eigenvalue weighted by Crippen LogP contribution is 2.52. The largest absolute Gasteiger partial charge is 0.507 e. The predicted molar refractivity (Wildman–Crippen MR) is 154 cm³/mol. The molecule has 3 aliphatic rings. The van der Waals surface area contributed by atoms with Crippen molar-refractivity contribution in [1.82, 2.24) is 9.91 Å². The second kappa shape index (κ2) is 11.7. The number of hydrogen-bond acceptors (Lipinski definition) is 13. The smallest absolute Gasteiger partial charge is 0.254 e. The van der Waals surface area contributed by atoms with E-state index < -0.39 is 89.2 Å². The van der Waals surface area contributed by atoms with Gasteiger partial charge in [-0.25, -0.2) is 5.01 Å². The molecule has 8 N–H and O–H groups in total.